The fourth-order valence-electron chi connectivity index (χ4n) is 1.13. The maximum Gasteiger partial charge on any atom is 0.333 e. The number of nitrogens with zero attached hydrogens (tertiary/aromatic N) is 2. The molecule has 0 fully saturated rings. The molecule has 2 heterocycles. The van der Waals surface area contributed by atoms with Gasteiger partial charge in [0, 0.05) is 17.1 Å². The Balaban J connectivity index is 1.94. The van der Waals surface area contributed by atoms with Gasteiger partial charge in [0.25, 0.3) is 0 Å². The Bertz CT molecular complexity index is 411. The first-order chi connectivity index (χ1) is 7.25. The van der Waals surface area contributed by atoms with Crippen LogP contribution in [-0.4, -0.2) is 9.78 Å². The van der Waals surface area contributed by atoms with E-state index in [0.29, 0.717) is 17.0 Å². The Morgan fingerprint density at radius 1 is 1.47 bits per heavy atom. The second-order valence-corrected chi connectivity index (χ2v) is 3.92. The Morgan fingerprint density at radius 2 is 2.33 bits per heavy atom. The highest BCUT2D eigenvalue weighted by atomic mass is 32.1. The molecule has 15 heavy (non-hydrogen) atoms. The van der Waals surface area contributed by atoms with E-state index >= 15 is 0 Å². The summed E-state index contributed by atoms with van der Waals surface area (Å²) >= 11 is 1.61. The van der Waals surface area contributed by atoms with Crippen molar-refractivity contribution in [3.05, 3.63) is 34.7 Å². The van der Waals surface area contributed by atoms with E-state index in [1.165, 1.54) is 12.3 Å². The lowest BCUT2D eigenvalue weighted by Crippen LogP contribution is -2.02. The van der Waals surface area contributed by atoms with Crippen LogP contribution in [0, 0.1) is 0 Å². The fraction of sp³-hybridized carbons (Fsp3) is 0.222. The predicted molar refractivity (Wildman–Crippen MR) is 55.1 cm³/mol. The maximum atomic E-state index is 12.2. The summed E-state index contributed by atoms with van der Waals surface area (Å²) in [5.41, 5.74) is 0. The van der Waals surface area contributed by atoms with Gasteiger partial charge in [0.2, 0.25) is 0 Å². The second-order valence-electron chi connectivity index (χ2n) is 2.89. The van der Waals surface area contributed by atoms with Crippen molar-refractivity contribution >= 4 is 17.2 Å². The summed E-state index contributed by atoms with van der Waals surface area (Å²) in [5, 5.41) is 8.60. The molecule has 0 amide bonds. The number of anilines is 1. The van der Waals surface area contributed by atoms with Crippen LogP contribution in [0.2, 0.25) is 0 Å². The van der Waals surface area contributed by atoms with Gasteiger partial charge in [0.1, 0.15) is 5.82 Å². The van der Waals surface area contributed by atoms with E-state index in [4.69, 9.17) is 0 Å². The van der Waals surface area contributed by atoms with Crippen LogP contribution in [0.5, 0.6) is 0 Å². The van der Waals surface area contributed by atoms with Crippen LogP contribution in [0.1, 0.15) is 11.4 Å². The van der Waals surface area contributed by atoms with Crippen LogP contribution in [0.25, 0.3) is 0 Å². The standard InChI is InChI=1S/C9H9F2N3S/c10-9(11)14-4-3-8(13-14)12-6-7-2-1-5-15-7/h1-5,9H,6H2,(H,12,13). The topological polar surface area (TPSA) is 29.9 Å². The molecule has 0 aliphatic rings. The molecule has 2 aromatic rings. The van der Waals surface area contributed by atoms with Crippen molar-refractivity contribution in [2.45, 2.75) is 13.1 Å². The monoisotopic (exact) mass is 229 g/mol. The number of hydrogen-bond acceptors (Lipinski definition) is 3. The van der Waals surface area contributed by atoms with Crippen LogP contribution in [0.4, 0.5) is 14.6 Å². The van der Waals surface area contributed by atoms with Gasteiger partial charge in [-0.1, -0.05) is 6.07 Å². The lowest BCUT2D eigenvalue weighted by molar-refractivity contribution is 0.0569. The molecule has 0 atom stereocenters. The average Bonchev–Trinajstić information content (AvgIpc) is 2.86. The minimum atomic E-state index is -2.58. The molecule has 2 aromatic heterocycles. The zero-order valence-corrected chi connectivity index (χ0v) is 8.55. The Kier molecular flexibility index (Phi) is 2.96. The number of thiophene rings is 1. The van der Waals surface area contributed by atoms with Gasteiger partial charge in [-0.3, -0.25) is 0 Å². The van der Waals surface area contributed by atoms with Crippen molar-refractivity contribution in [3.63, 3.8) is 0 Å². The van der Waals surface area contributed by atoms with Gasteiger partial charge in [0.15, 0.2) is 0 Å². The quantitative estimate of drug-likeness (QED) is 0.873. The summed E-state index contributed by atoms with van der Waals surface area (Å²) in [5.74, 6) is 0.462. The molecule has 1 N–H and O–H groups in total. The molecule has 0 bridgehead atoms. The highest BCUT2D eigenvalue weighted by Gasteiger charge is 2.06. The van der Waals surface area contributed by atoms with Crippen molar-refractivity contribution < 1.29 is 8.78 Å². The van der Waals surface area contributed by atoms with Crippen molar-refractivity contribution in [3.8, 4) is 0 Å². The molecule has 2 rings (SSSR count). The minimum absolute atomic E-state index is 0.462. The highest BCUT2D eigenvalue weighted by Crippen LogP contribution is 2.14. The van der Waals surface area contributed by atoms with E-state index < -0.39 is 6.55 Å². The number of rotatable bonds is 4. The number of alkyl halides is 2. The van der Waals surface area contributed by atoms with Crippen LogP contribution in [0.15, 0.2) is 29.8 Å². The summed E-state index contributed by atoms with van der Waals surface area (Å²) in [7, 11) is 0. The third-order valence-electron chi connectivity index (χ3n) is 1.83. The third kappa shape index (κ3) is 2.53. The number of hydrogen-bond donors (Lipinski definition) is 1. The zero-order valence-electron chi connectivity index (χ0n) is 7.73. The first-order valence-corrected chi connectivity index (χ1v) is 5.23. The SMILES string of the molecule is FC(F)n1ccc(NCc2cccs2)n1. The van der Waals surface area contributed by atoms with E-state index in [1.54, 1.807) is 11.3 Å². The van der Waals surface area contributed by atoms with Crippen LogP contribution < -0.4 is 5.32 Å². The van der Waals surface area contributed by atoms with E-state index in [-0.39, 0.29) is 0 Å². The number of halogens is 2. The molecular formula is C9H9F2N3S. The van der Waals surface area contributed by atoms with Gasteiger partial charge in [-0.25, -0.2) is 4.68 Å². The Hall–Kier alpha value is -1.43. The van der Waals surface area contributed by atoms with Gasteiger partial charge in [0.05, 0.1) is 6.54 Å². The first-order valence-electron chi connectivity index (χ1n) is 4.35. The van der Waals surface area contributed by atoms with E-state index in [1.807, 2.05) is 17.5 Å². The molecule has 3 nitrogen and oxygen atoms in total. The number of nitrogens with one attached hydrogen (secondary N) is 1. The van der Waals surface area contributed by atoms with E-state index in [2.05, 4.69) is 10.4 Å². The molecule has 0 spiro atoms. The molecule has 0 aliphatic heterocycles. The van der Waals surface area contributed by atoms with Gasteiger partial charge >= 0.3 is 6.55 Å². The lowest BCUT2D eigenvalue weighted by Gasteiger charge is -2.00. The molecule has 0 aromatic carbocycles. The van der Waals surface area contributed by atoms with Gasteiger partial charge < -0.3 is 5.32 Å². The predicted octanol–water partition coefficient (Wildman–Crippen LogP) is 2.95. The summed E-state index contributed by atoms with van der Waals surface area (Å²) in [6.45, 7) is -1.97. The molecule has 6 heteroatoms. The van der Waals surface area contributed by atoms with Gasteiger partial charge in [-0.05, 0) is 11.4 Å². The van der Waals surface area contributed by atoms with Crippen molar-refractivity contribution in [1.82, 2.24) is 9.78 Å². The van der Waals surface area contributed by atoms with Crippen molar-refractivity contribution in [1.29, 1.82) is 0 Å². The first kappa shape index (κ1) is 10.1. The normalized spacial score (nSPS) is 10.9. The van der Waals surface area contributed by atoms with Crippen LogP contribution in [0.3, 0.4) is 0 Å². The second kappa shape index (κ2) is 4.39. The van der Waals surface area contributed by atoms with Gasteiger partial charge in [-0.15, -0.1) is 11.3 Å². The number of aromatic nitrogens is 2. The van der Waals surface area contributed by atoms with Crippen LogP contribution in [-0.2, 0) is 6.54 Å². The zero-order chi connectivity index (χ0) is 10.7. The summed E-state index contributed by atoms with van der Waals surface area (Å²) in [4.78, 5) is 1.14. The Labute approximate surface area is 89.3 Å². The Morgan fingerprint density at radius 3 is 2.93 bits per heavy atom. The molecule has 0 unspecified atom stereocenters. The molecule has 0 aliphatic carbocycles. The summed E-state index contributed by atoms with van der Waals surface area (Å²) in [6, 6.07) is 5.45. The lowest BCUT2D eigenvalue weighted by atomic mass is 10.4. The third-order valence-corrected chi connectivity index (χ3v) is 2.71. The molecule has 0 radical (unpaired) electrons. The molecular weight excluding hydrogens is 220 g/mol. The van der Waals surface area contributed by atoms with Crippen LogP contribution >= 0.6 is 11.3 Å². The highest BCUT2D eigenvalue weighted by molar-refractivity contribution is 7.09. The molecule has 0 saturated heterocycles. The van der Waals surface area contributed by atoms with E-state index in [9.17, 15) is 8.78 Å². The summed E-state index contributed by atoms with van der Waals surface area (Å²) in [6.07, 6.45) is 1.25. The fourth-order valence-corrected chi connectivity index (χ4v) is 1.78. The largest absolute Gasteiger partial charge is 0.364 e. The molecule has 0 saturated carbocycles. The average molecular weight is 229 g/mol. The van der Waals surface area contributed by atoms with Crippen molar-refractivity contribution in [2.24, 2.45) is 0 Å². The van der Waals surface area contributed by atoms with Gasteiger partial charge in [-0.2, -0.15) is 13.9 Å². The maximum absolute atomic E-state index is 12.2. The minimum Gasteiger partial charge on any atom is -0.364 e. The summed E-state index contributed by atoms with van der Waals surface area (Å²) < 4.78 is 25.0. The van der Waals surface area contributed by atoms with E-state index in [0.717, 1.165) is 4.88 Å². The van der Waals surface area contributed by atoms with Crippen molar-refractivity contribution in [2.75, 3.05) is 5.32 Å². The smallest absolute Gasteiger partial charge is 0.333 e. The molecule has 80 valence electrons.